The zero-order valence-electron chi connectivity index (χ0n) is 57.0. The predicted octanol–water partition coefficient (Wildman–Crippen LogP) is -5.97. The number of nitrogens with zero attached hydrogens (tertiary/aromatic N) is 3. The Morgan fingerprint density at radius 1 is 0.535 bits per heavy atom. The number of amides is 13. The minimum Gasteiger partial charge on any atom is -0.508 e. The zero-order valence-corrected chi connectivity index (χ0v) is 57.8. The van der Waals surface area contributed by atoms with Crippen LogP contribution >= 0.6 is 11.8 Å². The van der Waals surface area contributed by atoms with E-state index >= 15 is 0 Å². The number of nitrogens with two attached hydrogens (primary N) is 5. The number of aromatic hydroxyl groups is 2. The Morgan fingerprint density at radius 3 is 1.44 bits per heavy atom. The first-order valence-electron chi connectivity index (χ1n) is 32.9. The molecular formula is C64H97N17O19S. The lowest BCUT2D eigenvalue weighted by Crippen LogP contribution is -2.62. The monoisotopic (exact) mass is 1440 g/mol. The van der Waals surface area contributed by atoms with Gasteiger partial charge in [-0.25, -0.2) is 4.79 Å². The molecule has 0 bridgehead atoms. The van der Waals surface area contributed by atoms with Gasteiger partial charge >= 0.3 is 5.97 Å². The normalized spacial score (nSPS) is 17.4. The molecule has 2 aliphatic rings. The standard InChI is InChI=1S/C64H97N17O19S/c1-32(2)50(63(99)100)78-57(93)44(30-36-14-18-38(85)19-15-36)75-54(90)40(20-22-48(66)86)73-59(95)46-10-7-26-80(46)61(97)42(9-6-25-70-64(68)69)74-52(88)33(3)71-56(92)43(29-35-12-16-37(84)17-13-35)76-60(96)47-11-8-27-81(47)62(98)51(34(4)83)79-55(91)41(21-23-49(67)87)72-58(94)45(31-82)77-53(89)39(65)24-28-101-5/h12-19,32-34,39-47,50-51,82-85H,6-11,20-31,65H2,1-5H3,(H2,66,86)(H2,67,87)(H,71,92)(H,72,94)(H,73,95)(H,74,88)(H,75,90)(H,76,96)(H,77,89)(H,78,93)(H,79,91)(H,99,100)(H4,68,69,70)/t33-,34+,39-,40-,41-,42-,43-,44-,45-,46-,47-,50-,51-/m0/s1. The van der Waals surface area contributed by atoms with E-state index in [2.05, 4.69) is 52.8 Å². The molecule has 0 saturated carbocycles. The fourth-order valence-corrected chi connectivity index (χ4v) is 11.5. The molecule has 101 heavy (non-hydrogen) atoms. The second kappa shape index (κ2) is 41.0. The molecule has 4 rings (SSSR count). The van der Waals surface area contributed by atoms with Gasteiger partial charge in [0.25, 0.3) is 0 Å². The second-order valence-corrected chi connectivity index (χ2v) is 26.0. The van der Waals surface area contributed by atoms with Crippen molar-refractivity contribution in [2.45, 2.75) is 190 Å². The van der Waals surface area contributed by atoms with Crippen LogP contribution in [0.1, 0.15) is 109 Å². The number of aliphatic hydroxyl groups excluding tert-OH is 2. The van der Waals surface area contributed by atoms with Crippen LogP contribution in [0.3, 0.4) is 0 Å². The van der Waals surface area contributed by atoms with Crippen molar-refractivity contribution in [2.75, 3.05) is 38.2 Å². The van der Waals surface area contributed by atoms with E-state index in [4.69, 9.17) is 28.7 Å². The summed E-state index contributed by atoms with van der Waals surface area (Å²) in [5, 5.41) is 73.2. The Bertz CT molecular complexity index is 3270. The highest BCUT2D eigenvalue weighted by molar-refractivity contribution is 7.98. The summed E-state index contributed by atoms with van der Waals surface area (Å²) in [6, 6.07) is -6.54. The molecule has 2 aromatic rings. The Morgan fingerprint density at radius 2 is 0.960 bits per heavy atom. The van der Waals surface area contributed by atoms with Crippen LogP contribution < -0.4 is 76.5 Å². The summed E-state index contributed by atoms with van der Waals surface area (Å²) in [5.74, 6) is -14.1. The number of carboxylic acid groups (broad SMARTS) is 1. The molecule has 13 atom stereocenters. The topological polar surface area (TPSA) is 597 Å². The van der Waals surface area contributed by atoms with Crippen molar-refractivity contribution in [1.82, 2.24) is 57.7 Å². The first-order chi connectivity index (χ1) is 47.6. The van der Waals surface area contributed by atoms with Gasteiger partial charge in [0.15, 0.2) is 5.96 Å². The maximum atomic E-state index is 14.7. The number of thioether (sulfide) groups is 1. The molecule has 2 fully saturated rings. The number of benzene rings is 2. The number of carboxylic acids is 1. The molecule has 13 amide bonds. The van der Waals surface area contributed by atoms with E-state index in [0.29, 0.717) is 16.9 Å². The van der Waals surface area contributed by atoms with Crippen LogP contribution in [0, 0.1) is 5.92 Å². The molecule has 24 N–H and O–H groups in total. The first kappa shape index (κ1) is 83.5. The molecule has 2 saturated heterocycles. The second-order valence-electron chi connectivity index (χ2n) is 25.0. The van der Waals surface area contributed by atoms with Gasteiger partial charge in [0.1, 0.15) is 78.0 Å². The van der Waals surface area contributed by atoms with Gasteiger partial charge in [-0.3, -0.25) is 67.3 Å². The highest BCUT2D eigenvalue weighted by atomic mass is 32.2. The van der Waals surface area contributed by atoms with Crippen LogP contribution in [-0.4, -0.2) is 241 Å². The number of hydrogen-bond acceptors (Lipinski definition) is 21. The van der Waals surface area contributed by atoms with Gasteiger partial charge < -0.3 is 112 Å². The van der Waals surface area contributed by atoms with Crippen molar-refractivity contribution >= 4 is 100 Å². The van der Waals surface area contributed by atoms with Gasteiger partial charge in [0.05, 0.1) is 18.8 Å². The van der Waals surface area contributed by atoms with Gasteiger partial charge in [-0.1, -0.05) is 38.1 Å². The Kier molecular flexibility index (Phi) is 33.9. The Labute approximate surface area is 587 Å². The van der Waals surface area contributed by atoms with Crippen LogP contribution in [0.25, 0.3) is 0 Å². The molecule has 0 unspecified atom stereocenters. The van der Waals surface area contributed by atoms with E-state index in [0.717, 1.165) is 11.8 Å². The summed E-state index contributed by atoms with van der Waals surface area (Å²) in [7, 11) is 0. The van der Waals surface area contributed by atoms with Crippen LogP contribution in [0.4, 0.5) is 0 Å². The molecule has 0 radical (unpaired) electrons. The predicted molar refractivity (Wildman–Crippen MR) is 365 cm³/mol. The SMILES string of the molecule is CSCC[C@H](N)C(=O)N[C@@H](CO)C(=O)N[C@@H](CCC(N)=O)C(=O)N[C@H](C(=O)N1CCC[C@H]1C(=O)N[C@@H](Cc1ccc(O)cc1)C(=O)N[C@@H](C)C(=O)N[C@@H](CCCN=C(N)N)C(=O)N1CCC[C@H]1C(=O)N[C@@H](CCC(N)=O)C(=O)N[C@@H](Cc1ccc(O)cc1)C(=O)N[C@H](C(=O)O)C(C)C)[C@@H](C)O. The van der Waals surface area contributed by atoms with Crippen molar-refractivity contribution in [2.24, 2.45) is 39.6 Å². The lowest BCUT2D eigenvalue weighted by atomic mass is 10.0. The number of phenolic OH excluding ortho intramolecular Hbond substituents is 2. The van der Waals surface area contributed by atoms with Crippen LogP contribution in [-0.2, 0) is 80.0 Å². The third kappa shape index (κ3) is 27.0. The molecule has 37 heteroatoms. The summed E-state index contributed by atoms with van der Waals surface area (Å²) in [5.41, 5.74) is 28.7. The van der Waals surface area contributed by atoms with Crippen LogP contribution in [0.15, 0.2) is 53.5 Å². The fourth-order valence-electron chi connectivity index (χ4n) is 11.0. The molecule has 0 aromatic heterocycles. The fraction of sp³-hybridized carbons (Fsp3) is 0.578. The number of nitrogens with one attached hydrogen (secondary N) is 9. The van der Waals surface area contributed by atoms with E-state index in [9.17, 15) is 92.7 Å². The number of likely N-dealkylation sites (tertiary alicyclic amines) is 2. The molecule has 558 valence electrons. The van der Waals surface area contributed by atoms with E-state index < -0.39 is 200 Å². The molecule has 0 aliphatic carbocycles. The van der Waals surface area contributed by atoms with Gasteiger partial charge in [0.2, 0.25) is 76.8 Å². The van der Waals surface area contributed by atoms with Crippen LogP contribution in [0.2, 0.25) is 0 Å². The molecule has 36 nitrogen and oxygen atoms in total. The maximum Gasteiger partial charge on any atom is 0.326 e. The van der Waals surface area contributed by atoms with Crippen LogP contribution in [0.5, 0.6) is 11.5 Å². The van der Waals surface area contributed by atoms with E-state index in [1.807, 2.05) is 0 Å². The number of phenols is 2. The van der Waals surface area contributed by atoms with Gasteiger partial charge in [-0.2, -0.15) is 11.8 Å². The average molecular weight is 1440 g/mol. The number of hydrogen-bond donors (Lipinski definition) is 19. The van der Waals surface area contributed by atoms with Crippen molar-refractivity contribution in [1.29, 1.82) is 0 Å². The molecule has 2 heterocycles. The highest BCUT2D eigenvalue weighted by Crippen LogP contribution is 2.23. The number of rotatable bonds is 41. The smallest absolute Gasteiger partial charge is 0.326 e. The van der Waals surface area contributed by atoms with E-state index in [1.54, 1.807) is 20.1 Å². The molecule has 2 aromatic carbocycles. The minimum absolute atomic E-state index is 0.000345. The quantitative estimate of drug-likeness (QED) is 0.0167. The number of primary amides is 2. The molecule has 2 aliphatic heterocycles. The summed E-state index contributed by atoms with van der Waals surface area (Å²) < 4.78 is 0. The van der Waals surface area contributed by atoms with Crippen molar-refractivity contribution < 1.29 is 92.7 Å². The minimum atomic E-state index is -1.80. The van der Waals surface area contributed by atoms with E-state index in [-0.39, 0.29) is 94.9 Å². The number of aliphatic imine (C=N–C) groups is 1. The summed E-state index contributed by atoms with van der Waals surface area (Å²) in [6.45, 7) is 4.41. The van der Waals surface area contributed by atoms with Crippen molar-refractivity contribution in [3.8, 4) is 11.5 Å². The summed E-state index contributed by atoms with van der Waals surface area (Å²) in [6.07, 6.45) is -1.51. The largest absolute Gasteiger partial charge is 0.508 e. The maximum absolute atomic E-state index is 14.7. The van der Waals surface area contributed by atoms with E-state index in [1.165, 1.54) is 72.1 Å². The lowest BCUT2D eigenvalue weighted by Gasteiger charge is -2.32. The third-order valence-corrected chi connectivity index (χ3v) is 17.3. The number of carbonyl (C=O) groups is 14. The van der Waals surface area contributed by atoms with Gasteiger partial charge in [-0.05, 0) is 125 Å². The highest BCUT2D eigenvalue weighted by Gasteiger charge is 2.43. The average Bonchev–Trinajstić information content (AvgIpc) is 1.74. The lowest BCUT2D eigenvalue weighted by molar-refractivity contribution is -0.145. The summed E-state index contributed by atoms with van der Waals surface area (Å²) in [4.78, 5) is 197. The number of aliphatic carboxylic acids is 1. The van der Waals surface area contributed by atoms with Gasteiger partial charge in [0, 0.05) is 45.3 Å². The third-order valence-electron chi connectivity index (χ3n) is 16.7. The molecule has 0 spiro atoms. The number of carbonyl (C=O) groups excluding carboxylic acids is 13. The number of guanidine groups is 1. The zero-order chi connectivity index (χ0) is 75.4. The first-order valence-corrected chi connectivity index (χ1v) is 34.3. The van der Waals surface area contributed by atoms with Gasteiger partial charge in [-0.15, -0.1) is 0 Å². The summed E-state index contributed by atoms with van der Waals surface area (Å²) >= 11 is 1.42. The Balaban J connectivity index is 1.56. The number of aliphatic hydroxyl groups is 2. The Hall–Kier alpha value is -9.88. The molecular weight excluding hydrogens is 1340 g/mol. The van der Waals surface area contributed by atoms with Crippen molar-refractivity contribution in [3.63, 3.8) is 0 Å². The van der Waals surface area contributed by atoms with Crippen molar-refractivity contribution in [3.05, 3.63) is 59.7 Å².